The highest BCUT2D eigenvalue weighted by Crippen LogP contribution is 2.29. The predicted molar refractivity (Wildman–Crippen MR) is 92.6 cm³/mol. The largest absolute Gasteiger partial charge is 0.493 e. The van der Waals surface area contributed by atoms with Crippen molar-refractivity contribution in [1.29, 1.82) is 0 Å². The Bertz CT molecular complexity index is 770. The zero-order chi connectivity index (χ0) is 19.8. The smallest absolute Gasteiger partial charge is 0.387 e. The van der Waals surface area contributed by atoms with Gasteiger partial charge in [-0.15, -0.1) is 0 Å². The molecule has 0 bridgehead atoms. The summed E-state index contributed by atoms with van der Waals surface area (Å²) in [6, 6.07) is 10.5. The summed E-state index contributed by atoms with van der Waals surface area (Å²) in [7, 11) is 2.92. The third-order valence-corrected chi connectivity index (χ3v) is 3.70. The van der Waals surface area contributed by atoms with E-state index in [1.807, 2.05) is 0 Å². The predicted octanol–water partition coefficient (Wildman–Crippen LogP) is 3.86. The van der Waals surface area contributed by atoms with Crippen molar-refractivity contribution in [2.45, 2.75) is 19.6 Å². The number of carbonyl (C=O) groups excluding carboxylic acids is 1. The number of nitrogens with zero attached hydrogens (tertiary/aromatic N) is 1. The first-order chi connectivity index (χ1) is 12.9. The summed E-state index contributed by atoms with van der Waals surface area (Å²) in [6.45, 7) is -2.78. The SMILES string of the molecule is COc1ccc(CN(C)C(=O)CCOc2ccccc2F)cc1OC(F)F. The van der Waals surface area contributed by atoms with Crippen LogP contribution in [0.2, 0.25) is 0 Å². The van der Waals surface area contributed by atoms with Gasteiger partial charge in [-0.05, 0) is 29.8 Å². The fourth-order valence-electron chi connectivity index (χ4n) is 2.37. The van der Waals surface area contributed by atoms with E-state index < -0.39 is 12.4 Å². The zero-order valence-corrected chi connectivity index (χ0v) is 15.0. The number of methoxy groups -OCH3 is 1. The molecule has 0 unspecified atom stereocenters. The van der Waals surface area contributed by atoms with Gasteiger partial charge >= 0.3 is 6.61 Å². The number of amides is 1. The Labute approximate surface area is 155 Å². The third kappa shape index (κ3) is 6.09. The molecule has 2 rings (SSSR count). The van der Waals surface area contributed by atoms with Gasteiger partial charge in [-0.25, -0.2) is 4.39 Å². The fourth-order valence-corrected chi connectivity index (χ4v) is 2.37. The lowest BCUT2D eigenvalue weighted by Crippen LogP contribution is -2.27. The molecule has 27 heavy (non-hydrogen) atoms. The highest BCUT2D eigenvalue weighted by atomic mass is 19.3. The van der Waals surface area contributed by atoms with E-state index in [1.165, 1.54) is 36.3 Å². The zero-order valence-electron chi connectivity index (χ0n) is 15.0. The minimum Gasteiger partial charge on any atom is -0.493 e. The molecule has 2 aromatic rings. The number of alkyl halides is 2. The van der Waals surface area contributed by atoms with Crippen molar-refractivity contribution in [1.82, 2.24) is 4.90 Å². The van der Waals surface area contributed by atoms with Crippen molar-refractivity contribution >= 4 is 5.91 Å². The maximum Gasteiger partial charge on any atom is 0.387 e. The number of hydrogen-bond acceptors (Lipinski definition) is 4. The lowest BCUT2D eigenvalue weighted by molar-refractivity contribution is -0.131. The molecule has 0 N–H and O–H groups in total. The molecule has 0 heterocycles. The van der Waals surface area contributed by atoms with Crippen molar-refractivity contribution in [3.8, 4) is 17.2 Å². The Balaban J connectivity index is 1.90. The fraction of sp³-hybridized carbons (Fsp3) is 0.316. The van der Waals surface area contributed by atoms with E-state index in [0.29, 0.717) is 5.56 Å². The molecule has 0 aliphatic carbocycles. The molecule has 0 fully saturated rings. The minimum atomic E-state index is -2.98. The number of halogens is 3. The van der Waals surface area contributed by atoms with Gasteiger partial charge in [0.25, 0.3) is 0 Å². The molecular weight excluding hydrogens is 363 g/mol. The van der Waals surface area contributed by atoms with Gasteiger partial charge in [-0.3, -0.25) is 4.79 Å². The third-order valence-electron chi connectivity index (χ3n) is 3.70. The minimum absolute atomic E-state index is 0.0203. The van der Waals surface area contributed by atoms with Crippen molar-refractivity contribution in [3.05, 3.63) is 53.8 Å². The summed E-state index contributed by atoms with van der Waals surface area (Å²) in [4.78, 5) is 13.6. The molecule has 0 aliphatic heterocycles. The second-order valence-electron chi connectivity index (χ2n) is 5.64. The van der Waals surface area contributed by atoms with Crippen molar-refractivity contribution in [2.75, 3.05) is 20.8 Å². The first kappa shape index (κ1) is 20.4. The lowest BCUT2D eigenvalue weighted by Gasteiger charge is -2.19. The summed E-state index contributed by atoms with van der Waals surface area (Å²) < 4.78 is 53.1. The van der Waals surface area contributed by atoms with Gasteiger partial charge in [-0.2, -0.15) is 8.78 Å². The van der Waals surface area contributed by atoms with E-state index in [9.17, 15) is 18.0 Å². The summed E-state index contributed by atoms with van der Waals surface area (Å²) in [5.41, 5.74) is 0.595. The highest BCUT2D eigenvalue weighted by molar-refractivity contribution is 5.76. The van der Waals surface area contributed by atoms with Gasteiger partial charge in [0.05, 0.1) is 20.1 Å². The van der Waals surface area contributed by atoms with Gasteiger partial charge in [0.15, 0.2) is 23.1 Å². The Morgan fingerprint density at radius 3 is 2.52 bits per heavy atom. The molecule has 0 radical (unpaired) electrons. The van der Waals surface area contributed by atoms with Crippen LogP contribution in [-0.2, 0) is 11.3 Å². The van der Waals surface area contributed by atoms with E-state index in [4.69, 9.17) is 9.47 Å². The molecule has 2 aromatic carbocycles. The van der Waals surface area contributed by atoms with Crippen LogP contribution in [0.4, 0.5) is 13.2 Å². The van der Waals surface area contributed by atoms with Gasteiger partial charge in [0.2, 0.25) is 5.91 Å². The van der Waals surface area contributed by atoms with Crippen LogP contribution in [0, 0.1) is 5.82 Å². The number of carbonyl (C=O) groups is 1. The van der Waals surface area contributed by atoms with E-state index >= 15 is 0 Å². The molecule has 1 amide bonds. The molecule has 146 valence electrons. The molecule has 0 aliphatic rings. The highest BCUT2D eigenvalue weighted by Gasteiger charge is 2.14. The molecule has 8 heteroatoms. The Kier molecular flexibility index (Phi) is 7.34. The quantitative estimate of drug-likeness (QED) is 0.660. The van der Waals surface area contributed by atoms with Crippen molar-refractivity contribution in [2.24, 2.45) is 0 Å². The molecule has 5 nitrogen and oxygen atoms in total. The number of para-hydroxylation sites is 1. The van der Waals surface area contributed by atoms with Crippen LogP contribution in [0.5, 0.6) is 17.2 Å². The number of benzene rings is 2. The average Bonchev–Trinajstić information content (AvgIpc) is 2.63. The molecule has 0 aromatic heterocycles. The van der Waals surface area contributed by atoms with Gasteiger partial charge < -0.3 is 19.1 Å². The number of rotatable bonds is 9. The Hall–Kier alpha value is -2.90. The second-order valence-corrected chi connectivity index (χ2v) is 5.64. The van der Waals surface area contributed by atoms with Crippen LogP contribution >= 0.6 is 0 Å². The molecule has 0 saturated heterocycles. The summed E-state index contributed by atoms with van der Waals surface area (Å²) in [5, 5.41) is 0. The van der Waals surface area contributed by atoms with Crippen molar-refractivity contribution < 1.29 is 32.2 Å². The molecule has 0 atom stereocenters. The van der Waals surface area contributed by atoms with Crippen LogP contribution in [0.1, 0.15) is 12.0 Å². The van der Waals surface area contributed by atoms with Crippen LogP contribution in [0.15, 0.2) is 42.5 Å². The number of hydrogen-bond donors (Lipinski definition) is 0. The normalized spacial score (nSPS) is 10.6. The Morgan fingerprint density at radius 2 is 1.85 bits per heavy atom. The molecule has 0 saturated carbocycles. The molecular formula is C19H20F3NO4. The van der Waals surface area contributed by atoms with Crippen LogP contribution < -0.4 is 14.2 Å². The second kappa shape index (κ2) is 9.70. The van der Waals surface area contributed by atoms with Gasteiger partial charge in [-0.1, -0.05) is 18.2 Å². The van der Waals surface area contributed by atoms with Gasteiger partial charge in [0, 0.05) is 13.6 Å². The van der Waals surface area contributed by atoms with Crippen LogP contribution in [0.25, 0.3) is 0 Å². The van der Waals surface area contributed by atoms with E-state index in [2.05, 4.69) is 4.74 Å². The maximum absolute atomic E-state index is 13.5. The standard InChI is InChI=1S/C19H20F3NO4/c1-23(18(24)9-10-26-15-6-4-3-5-14(15)20)12-13-7-8-16(25-2)17(11-13)27-19(21)22/h3-8,11,19H,9-10,12H2,1-2H3. The molecule has 0 spiro atoms. The maximum atomic E-state index is 13.5. The summed E-state index contributed by atoms with van der Waals surface area (Å²) >= 11 is 0. The Morgan fingerprint density at radius 1 is 1.11 bits per heavy atom. The topological polar surface area (TPSA) is 48.0 Å². The first-order valence-electron chi connectivity index (χ1n) is 8.13. The summed E-state index contributed by atoms with van der Waals surface area (Å²) in [6.07, 6.45) is 0.0430. The van der Waals surface area contributed by atoms with E-state index in [-0.39, 0.29) is 42.7 Å². The monoisotopic (exact) mass is 383 g/mol. The van der Waals surface area contributed by atoms with E-state index in [1.54, 1.807) is 25.2 Å². The van der Waals surface area contributed by atoms with Gasteiger partial charge in [0.1, 0.15) is 0 Å². The summed E-state index contributed by atoms with van der Waals surface area (Å²) in [5.74, 6) is -0.585. The number of ether oxygens (including phenoxy) is 3. The van der Waals surface area contributed by atoms with Crippen molar-refractivity contribution in [3.63, 3.8) is 0 Å². The first-order valence-corrected chi connectivity index (χ1v) is 8.13. The van der Waals surface area contributed by atoms with Crippen LogP contribution in [0.3, 0.4) is 0 Å². The lowest BCUT2D eigenvalue weighted by atomic mass is 10.2. The average molecular weight is 383 g/mol. The van der Waals surface area contributed by atoms with E-state index in [0.717, 1.165) is 0 Å². The van der Waals surface area contributed by atoms with Crippen LogP contribution in [-0.4, -0.2) is 38.2 Å².